The van der Waals surface area contributed by atoms with Crippen molar-refractivity contribution in [3.05, 3.63) is 0 Å². The molecule has 80 valence electrons. The van der Waals surface area contributed by atoms with E-state index in [-0.39, 0.29) is 12.6 Å². The number of hydrogen-bond donors (Lipinski definition) is 2. The Morgan fingerprint density at radius 2 is 2.15 bits per heavy atom. The SMILES string of the molecule is CCOCCN(CC)C(CN)CO. The largest absolute Gasteiger partial charge is 0.395 e. The van der Waals surface area contributed by atoms with Crippen molar-refractivity contribution in [1.82, 2.24) is 4.90 Å². The van der Waals surface area contributed by atoms with Gasteiger partial charge in [-0.05, 0) is 13.5 Å². The van der Waals surface area contributed by atoms with Crippen LogP contribution in [0.3, 0.4) is 0 Å². The minimum absolute atomic E-state index is 0.0745. The van der Waals surface area contributed by atoms with Gasteiger partial charge in [0, 0.05) is 25.7 Å². The van der Waals surface area contributed by atoms with Gasteiger partial charge >= 0.3 is 0 Å². The molecule has 0 radical (unpaired) electrons. The summed E-state index contributed by atoms with van der Waals surface area (Å²) in [5, 5.41) is 9.02. The molecule has 0 rings (SSSR count). The van der Waals surface area contributed by atoms with Crippen LogP contribution in [0.25, 0.3) is 0 Å². The van der Waals surface area contributed by atoms with Crippen LogP contribution in [0, 0.1) is 0 Å². The van der Waals surface area contributed by atoms with Crippen LogP contribution in [-0.2, 0) is 4.74 Å². The Morgan fingerprint density at radius 1 is 1.46 bits per heavy atom. The molecular weight excluding hydrogens is 168 g/mol. The summed E-state index contributed by atoms with van der Waals surface area (Å²) in [4.78, 5) is 2.13. The summed E-state index contributed by atoms with van der Waals surface area (Å²) in [7, 11) is 0. The molecule has 0 aliphatic carbocycles. The first kappa shape index (κ1) is 12.8. The summed E-state index contributed by atoms with van der Waals surface area (Å²) >= 11 is 0. The molecule has 4 heteroatoms. The fourth-order valence-electron chi connectivity index (χ4n) is 1.26. The molecule has 0 aromatic heterocycles. The van der Waals surface area contributed by atoms with Crippen molar-refractivity contribution in [3.8, 4) is 0 Å². The summed E-state index contributed by atoms with van der Waals surface area (Å²) < 4.78 is 5.24. The number of aliphatic hydroxyl groups is 1. The molecule has 0 fully saturated rings. The van der Waals surface area contributed by atoms with Crippen molar-refractivity contribution in [2.24, 2.45) is 5.73 Å². The lowest BCUT2D eigenvalue weighted by Gasteiger charge is -2.27. The number of ether oxygens (including phenoxy) is 1. The lowest BCUT2D eigenvalue weighted by molar-refractivity contribution is 0.0778. The van der Waals surface area contributed by atoms with E-state index in [2.05, 4.69) is 11.8 Å². The third-order valence-corrected chi connectivity index (χ3v) is 2.13. The van der Waals surface area contributed by atoms with Crippen LogP contribution in [0.15, 0.2) is 0 Å². The number of rotatable bonds is 8. The zero-order valence-electron chi connectivity index (χ0n) is 8.70. The fourth-order valence-corrected chi connectivity index (χ4v) is 1.26. The van der Waals surface area contributed by atoms with Crippen LogP contribution in [0.5, 0.6) is 0 Å². The Bertz CT molecular complexity index is 108. The first-order valence-corrected chi connectivity index (χ1v) is 4.92. The second kappa shape index (κ2) is 8.44. The van der Waals surface area contributed by atoms with Crippen LogP contribution < -0.4 is 5.73 Å². The van der Waals surface area contributed by atoms with Gasteiger partial charge in [-0.25, -0.2) is 0 Å². The monoisotopic (exact) mass is 190 g/mol. The predicted molar refractivity (Wildman–Crippen MR) is 53.7 cm³/mol. The number of nitrogens with two attached hydrogens (primary N) is 1. The topological polar surface area (TPSA) is 58.7 Å². The second-order valence-electron chi connectivity index (χ2n) is 2.90. The van der Waals surface area contributed by atoms with Gasteiger partial charge in [-0.3, -0.25) is 4.90 Å². The highest BCUT2D eigenvalue weighted by molar-refractivity contribution is 4.70. The summed E-state index contributed by atoms with van der Waals surface area (Å²) in [6, 6.07) is 0.0745. The van der Waals surface area contributed by atoms with E-state index in [0.717, 1.165) is 19.7 Å². The highest BCUT2D eigenvalue weighted by atomic mass is 16.5. The standard InChI is InChI=1S/C9H22N2O2/c1-3-11(5-6-13-4-2)9(7-10)8-12/h9,12H,3-8,10H2,1-2H3. The van der Waals surface area contributed by atoms with Crippen LogP contribution in [-0.4, -0.2) is 55.5 Å². The Kier molecular flexibility index (Phi) is 8.33. The molecule has 3 N–H and O–H groups in total. The van der Waals surface area contributed by atoms with E-state index in [1.165, 1.54) is 0 Å². The van der Waals surface area contributed by atoms with E-state index in [1.807, 2.05) is 6.92 Å². The van der Waals surface area contributed by atoms with E-state index in [1.54, 1.807) is 0 Å². The lowest BCUT2D eigenvalue weighted by atomic mass is 10.2. The van der Waals surface area contributed by atoms with Crippen molar-refractivity contribution in [1.29, 1.82) is 0 Å². The molecule has 4 nitrogen and oxygen atoms in total. The van der Waals surface area contributed by atoms with Crippen molar-refractivity contribution in [2.45, 2.75) is 19.9 Å². The van der Waals surface area contributed by atoms with Crippen molar-refractivity contribution in [2.75, 3.05) is 39.5 Å². The number of nitrogens with zero attached hydrogens (tertiary/aromatic N) is 1. The summed E-state index contributed by atoms with van der Waals surface area (Å²) in [5.74, 6) is 0. The molecule has 0 aliphatic rings. The van der Waals surface area contributed by atoms with Crippen LogP contribution in [0.1, 0.15) is 13.8 Å². The lowest BCUT2D eigenvalue weighted by Crippen LogP contribution is -2.44. The van der Waals surface area contributed by atoms with E-state index in [0.29, 0.717) is 13.2 Å². The maximum absolute atomic E-state index is 9.02. The number of hydrogen-bond acceptors (Lipinski definition) is 4. The molecule has 0 bridgehead atoms. The zero-order chi connectivity index (χ0) is 10.1. The Labute approximate surface area is 80.7 Å². The Balaban J connectivity index is 3.71. The third kappa shape index (κ3) is 5.21. The molecule has 0 saturated carbocycles. The van der Waals surface area contributed by atoms with E-state index >= 15 is 0 Å². The van der Waals surface area contributed by atoms with Gasteiger partial charge in [0.25, 0.3) is 0 Å². The smallest absolute Gasteiger partial charge is 0.0599 e. The van der Waals surface area contributed by atoms with Crippen molar-refractivity contribution in [3.63, 3.8) is 0 Å². The fraction of sp³-hybridized carbons (Fsp3) is 1.00. The molecule has 0 spiro atoms. The van der Waals surface area contributed by atoms with Gasteiger partial charge in [0.2, 0.25) is 0 Å². The molecule has 0 aliphatic heterocycles. The average Bonchev–Trinajstić information content (AvgIpc) is 2.17. The molecule has 1 unspecified atom stereocenters. The normalized spacial score (nSPS) is 13.6. The van der Waals surface area contributed by atoms with Crippen molar-refractivity contribution >= 4 is 0 Å². The van der Waals surface area contributed by atoms with Gasteiger partial charge in [-0.2, -0.15) is 0 Å². The Hall–Kier alpha value is -0.160. The van der Waals surface area contributed by atoms with E-state index in [4.69, 9.17) is 15.6 Å². The van der Waals surface area contributed by atoms with Gasteiger partial charge < -0.3 is 15.6 Å². The van der Waals surface area contributed by atoms with E-state index in [9.17, 15) is 0 Å². The van der Waals surface area contributed by atoms with Crippen LogP contribution in [0.4, 0.5) is 0 Å². The molecule has 0 saturated heterocycles. The van der Waals surface area contributed by atoms with Gasteiger partial charge in [0.05, 0.1) is 13.2 Å². The quantitative estimate of drug-likeness (QED) is 0.514. The Morgan fingerprint density at radius 3 is 2.54 bits per heavy atom. The van der Waals surface area contributed by atoms with Gasteiger partial charge in [0.1, 0.15) is 0 Å². The second-order valence-corrected chi connectivity index (χ2v) is 2.90. The molecule has 0 heterocycles. The summed E-state index contributed by atoms with van der Waals surface area (Å²) in [6.07, 6.45) is 0. The molecule has 1 atom stereocenters. The first-order valence-electron chi connectivity index (χ1n) is 4.92. The average molecular weight is 190 g/mol. The molecule has 0 aromatic rings. The summed E-state index contributed by atoms with van der Waals surface area (Å²) in [6.45, 7) is 7.84. The van der Waals surface area contributed by atoms with Crippen LogP contribution in [0.2, 0.25) is 0 Å². The number of aliphatic hydroxyl groups excluding tert-OH is 1. The highest BCUT2D eigenvalue weighted by Crippen LogP contribution is 1.96. The van der Waals surface area contributed by atoms with Gasteiger partial charge in [0.15, 0.2) is 0 Å². The molecular formula is C9H22N2O2. The highest BCUT2D eigenvalue weighted by Gasteiger charge is 2.13. The van der Waals surface area contributed by atoms with Crippen LogP contribution >= 0.6 is 0 Å². The molecule has 13 heavy (non-hydrogen) atoms. The summed E-state index contributed by atoms with van der Waals surface area (Å²) in [5.41, 5.74) is 5.52. The predicted octanol–water partition coefficient (Wildman–Crippen LogP) is -0.336. The maximum atomic E-state index is 9.02. The van der Waals surface area contributed by atoms with Gasteiger partial charge in [-0.15, -0.1) is 0 Å². The van der Waals surface area contributed by atoms with Gasteiger partial charge in [-0.1, -0.05) is 6.92 Å². The maximum Gasteiger partial charge on any atom is 0.0599 e. The number of likely N-dealkylation sites (N-methyl/N-ethyl adjacent to an activating group) is 1. The minimum Gasteiger partial charge on any atom is -0.395 e. The minimum atomic E-state index is 0.0745. The molecule has 0 amide bonds. The van der Waals surface area contributed by atoms with E-state index < -0.39 is 0 Å². The molecule has 0 aromatic carbocycles. The first-order chi connectivity index (χ1) is 6.29. The zero-order valence-corrected chi connectivity index (χ0v) is 8.70. The third-order valence-electron chi connectivity index (χ3n) is 2.13. The van der Waals surface area contributed by atoms with Crippen molar-refractivity contribution < 1.29 is 9.84 Å².